The van der Waals surface area contributed by atoms with Crippen LogP contribution in [0.15, 0.2) is 12.2 Å². The van der Waals surface area contributed by atoms with Gasteiger partial charge >= 0.3 is 11.9 Å². The summed E-state index contributed by atoms with van der Waals surface area (Å²) in [6.07, 6.45) is 21.8. The normalized spacial score (nSPS) is 11.4. The monoisotopic (exact) mass is 354 g/mol. The van der Waals surface area contributed by atoms with Gasteiger partial charge in [-0.25, -0.2) is 0 Å². The molecule has 0 fully saturated rings. The Morgan fingerprint density at radius 3 is 1.48 bits per heavy atom. The molecule has 0 unspecified atom stereocenters. The zero-order chi connectivity index (χ0) is 18.8. The Morgan fingerprint density at radius 1 is 0.680 bits per heavy atom. The highest BCUT2D eigenvalue weighted by Crippen LogP contribution is 2.13. The van der Waals surface area contributed by atoms with Crippen molar-refractivity contribution in [2.45, 2.75) is 103 Å². The predicted octanol–water partition coefficient (Wildman–Crippen LogP) is 6.20. The van der Waals surface area contributed by atoms with E-state index in [-0.39, 0.29) is 6.42 Å². The van der Waals surface area contributed by atoms with Crippen molar-refractivity contribution >= 4 is 11.9 Å². The van der Waals surface area contributed by atoms with Gasteiger partial charge in [0.1, 0.15) is 0 Å². The lowest BCUT2D eigenvalue weighted by molar-refractivity contribution is -0.154. The molecule has 4 nitrogen and oxygen atoms in total. The number of carbonyl (C=O) groups is 2. The summed E-state index contributed by atoms with van der Waals surface area (Å²) in [5, 5.41) is 17.5. The van der Waals surface area contributed by atoms with Gasteiger partial charge in [0.05, 0.1) is 0 Å². The lowest BCUT2D eigenvalue weighted by Gasteiger charge is -2.03. The zero-order valence-electron chi connectivity index (χ0n) is 16.0. The molecule has 0 saturated heterocycles. The SMILES string of the molecule is CCCCCCCCCCCCCCC/C=C/CC(C(=O)O)C(=O)O. The summed E-state index contributed by atoms with van der Waals surface area (Å²) < 4.78 is 0. The average Bonchev–Trinajstić information content (AvgIpc) is 2.57. The van der Waals surface area contributed by atoms with Gasteiger partial charge in [-0.1, -0.05) is 96.1 Å². The van der Waals surface area contributed by atoms with Crippen LogP contribution in [0.4, 0.5) is 0 Å². The first-order valence-corrected chi connectivity index (χ1v) is 10.2. The first-order valence-electron chi connectivity index (χ1n) is 10.2. The van der Waals surface area contributed by atoms with Crippen LogP contribution in [0.2, 0.25) is 0 Å². The van der Waals surface area contributed by atoms with E-state index in [1.807, 2.05) is 6.08 Å². The van der Waals surface area contributed by atoms with Gasteiger partial charge in [0, 0.05) is 0 Å². The Bertz CT molecular complexity index is 349. The lowest BCUT2D eigenvalue weighted by Crippen LogP contribution is -2.22. The number of carboxylic acids is 2. The van der Waals surface area contributed by atoms with E-state index in [0.29, 0.717) is 0 Å². The van der Waals surface area contributed by atoms with Crippen molar-refractivity contribution in [3.8, 4) is 0 Å². The minimum Gasteiger partial charge on any atom is -0.481 e. The molecule has 0 rings (SSSR count). The van der Waals surface area contributed by atoms with Crippen LogP contribution in [0, 0.1) is 5.92 Å². The van der Waals surface area contributed by atoms with E-state index in [1.165, 1.54) is 77.0 Å². The smallest absolute Gasteiger partial charge is 0.318 e. The average molecular weight is 355 g/mol. The maximum atomic E-state index is 10.7. The van der Waals surface area contributed by atoms with Crippen LogP contribution in [0.1, 0.15) is 103 Å². The fourth-order valence-corrected chi connectivity index (χ4v) is 2.94. The molecule has 0 aromatic heterocycles. The van der Waals surface area contributed by atoms with Crippen molar-refractivity contribution in [1.29, 1.82) is 0 Å². The van der Waals surface area contributed by atoms with Crippen LogP contribution in [0.25, 0.3) is 0 Å². The summed E-state index contributed by atoms with van der Waals surface area (Å²) in [5.74, 6) is -3.85. The van der Waals surface area contributed by atoms with Crippen LogP contribution in [-0.2, 0) is 9.59 Å². The Labute approximate surface area is 153 Å². The van der Waals surface area contributed by atoms with Crippen molar-refractivity contribution in [1.82, 2.24) is 0 Å². The van der Waals surface area contributed by atoms with Gasteiger partial charge in [-0.3, -0.25) is 9.59 Å². The maximum absolute atomic E-state index is 10.7. The van der Waals surface area contributed by atoms with E-state index in [9.17, 15) is 9.59 Å². The third kappa shape index (κ3) is 15.9. The van der Waals surface area contributed by atoms with E-state index in [2.05, 4.69) is 6.92 Å². The standard InChI is InChI=1S/C21H38O4/c1-2-3-4-5-6-7-8-9-10-11-12-13-14-15-16-17-18-19(20(22)23)21(24)25/h16-17,19H,2-15,18H2,1H3,(H,22,23)(H,24,25)/b17-16+. The first-order chi connectivity index (χ1) is 12.1. The second kappa shape index (κ2) is 17.5. The number of carboxylic acid groups (broad SMARTS) is 2. The highest BCUT2D eigenvalue weighted by Gasteiger charge is 2.23. The summed E-state index contributed by atoms with van der Waals surface area (Å²) >= 11 is 0. The number of rotatable bonds is 18. The molecule has 25 heavy (non-hydrogen) atoms. The Morgan fingerprint density at radius 2 is 1.08 bits per heavy atom. The molecular weight excluding hydrogens is 316 g/mol. The Balaban J connectivity index is 3.32. The van der Waals surface area contributed by atoms with E-state index in [4.69, 9.17) is 10.2 Å². The van der Waals surface area contributed by atoms with Gasteiger partial charge in [-0.2, -0.15) is 0 Å². The van der Waals surface area contributed by atoms with Crippen LogP contribution >= 0.6 is 0 Å². The van der Waals surface area contributed by atoms with Crippen LogP contribution in [0.3, 0.4) is 0 Å². The number of unbranched alkanes of at least 4 members (excludes halogenated alkanes) is 13. The third-order valence-electron chi connectivity index (χ3n) is 4.61. The van der Waals surface area contributed by atoms with E-state index in [1.54, 1.807) is 6.08 Å². The molecule has 2 N–H and O–H groups in total. The molecule has 0 amide bonds. The molecule has 0 aromatic carbocycles. The number of hydrogen-bond donors (Lipinski definition) is 2. The molecule has 0 radical (unpaired) electrons. The zero-order valence-corrected chi connectivity index (χ0v) is 16.0. The highest BCUT2D eigenvalue weighted by molar-refractivity contribution is 5.92. The minimum atomic E-state index is -1.32. The van der Waals surface area contributed by atoms with Gasteiger partial charge in [-0.15, -0.1) is 0 Å². The topological polar surface area (TPSA) is 74.6 Å². The maximum Gasteiger partial charge on any atom is 0.318 e. The molecule has 0 atom stereocenters. The van der Waals surface area contributed by atoms with Gasteiger partial charge in [0.25, 0.3) is 0 Å². The molecule has 0 heterocycles. The van der Waals surface area contributed by atoms with E-state index < -0.39 is 17.9 Å². The van der Waals surface area contributed by atoms with Crippen LogP contribution < -0.4 is 0 Å². The summed E-state index contributed by atoms with van der Waals surface area (Å²) in [7, 11) is 0. The first kappa shape index (κ1) is 23.7. The summed E-state index contributed by atoms with van der Waals surface area (Å²) in [6, 6.07) is 0. The van der Waals surface area contributed by atoms with Gasteiger partial charge < -0.3 is 10.2 Å². The van der Waals surface area contributed by atoms with Crippen LogP contribution in [0.5, 0.6) is 0 Å². The molecule has 0 bridgehead atoms. The fourth-order valence-electron chi connectivity index (χ4n) is 2.94. The quantitative estimate of drug-likeness (QED) is 0.174. The molecule has 0 aliphatic rings. The molecule has 0 spiro atoms. The minimum absolute atomic E-state index is 0.0725. The van der Waals surface area contributed by atoms with E-state index in [0.717, 1.165) is 12.8 Å². The fraction of sp³-hybridized carbons (Fsp3) is 0.810. The van der Waals surface area contributed by atoms with Gasteiger partial charge in [0.2, 0.25) is 0 Å². The number of allylic oxidation sites excluding steroid dienone is 2. The number of hydrogen-bond acceptors (Lipinski definition) is 2. The molecular formula is C21H38O4. The van der Waals surface area contributed by atoms with Crippen LogP contribution in [-0.4, -0.2) is 22.2 Å². The summed E-state index contributed by atoms with van der Waals surface area (Å²) in [4.78, 5) is 21.4. The van der Waals surface area contributed by atoms with Crippen molar-refractivity contribution < 1.29 is 19.8 Å². The molecule has 4 heteroatoms. The van der Waals surface area contributed by atoms with Crippen molar-refractivity contribution in [2.75, 3.05) is 0 Å². The largest absolute Gasteiger partial charge is 0.481 e. The Kier molecular flexibility index (Phi) is 16.6. The van der Waals surface area contributed by atoms with Gasteiger partial charge in [0.15, 0.2) is 5.92 Å². The molecule has 0 aliphatic carbocycles. The highest BCUT2D eigenvalue weighted by atomic mass is 16.4. The van der Waals surface area contributed by atoms with Crippen molar-refractivity contribution in [3.05, 3.63) is 12.2 Å². The van der Waals surface area contributed by atoms with E-state index >= 15 is 0 Å². The van der Waals surface area contributed by atoms with Crippen molar-refractivity contribution in [3.63, 3.8) is 0 Å². The predicted molar refractivity (Wildman–Crippen MR) is 103 cm³/mol. The summed E-state index contributed by atoms with van der Waals surface area (Å²) in [5.41, 5.74) is 0. The van der Waals surface area contributed by atoms with Crippen molar-refractivity contribution in [2.24, 2.45) is 5.92 Å². The lowest BCUT2D eigenvalue weighted by atomic mass is 10.0. The molecule has 0 saturated carbocycles. The molecule has 0 aliphatic heterocycles. The summed E-state index contributed by atoms with van der Waals surface area (Å²) in [6.45, 7) is 2.25. The molecule has 0 aromatic rings. The second-order valence-electron chi connectivity index (χ2n) is 6.97. The second-order valence-corrected chi connectivity index (χ2v) is 6.97. The third-order valence-corrected chi connectivity index (χ3v) is 4.61. The number of aliphatic carboxylic acids is 2. The van der Waals surface area contributed by atoms with Gasteiger partial charge in [-0.05, 0) is 19.3 Å². The Hall–Kier alpha value is -1.32. The molecule has 146 valence electrons.